The van der Waals surface area contributed by atoms with Gasteiger partial charge in [0.1, 0.15) is 5.75 Å². The van der Waals surface area contributed by atoms with Crippen molar-refractivity contribution in [2.75, 3.05) is 12.4 Å². The zero-order chi connectivity index (χ0) is 21.8. The number of nitrogens with one attached hydrogen (secondary N) is 1. The molecule has 0 saturated heterocycles. The van der Waals surface area contributed by atoms with Crippen molar-refractivity contribution in [1.29, 1.82) is 0 Å². The second kappa shape index (κ2) is 9.87. The van der Waals surface area contributed by atoms with E-state index in [-0.39, 0.29) is 0 Å². The maximum atomic E-state index is 6.26. The van der Waals surface area contributed by atoms with Crippen LogP contribution in [0.2, 0.25) is 5.02 Å². The molecule has 1 heterocycles. The number of nitrogens with zero attached hydrogens (tertiary/aromatic N) is 1. The van der Waals surface area contributed by atoms with Crippen molar-refractivity contribution >= 4 is 39.1 Å². The Balaban J connectivity index is 1.99. The number of rotatable bonds is 9. The highest BCUT2D eigenvalue weighted by atomic mass is 35.5. The van der Waals surface area contributed by atoms with Gasteiger partial charge in [0.2, 0.25) is 0 Å². The Bertz CT molecular complexity index is 989. The molecule has 2 aromatic carbocycles. The van der Waals surface area contributed by atoms with Crippen LogP contribution in [-0.2, 0) is 0 Å². The molecule has 4 heteroatoms. The Morgan fingerprint density at radius 2 is 1.57 bits per heavy atom. The van der Waals surface area contributed by atoms with E-state index >= 15 is 0 Å². The smallest absolute Gasteiger partial charge is 0.119 e. The summed E-state index contributed by atoms with van der Waals surface area (Å²) in [4.78, 5) is 4.84. The number of aromatic nitrogens is 1. The molecule has 0 fully saturated rings. The number of ether oxygens (including phenoxy) is 1. The molecule has 162 valence electrons. The molecule has 0 aliphatic heterocycles. The SMILES string of the molecule is COc1ccc2nc3cc(Cl)ccc3c(NC(C)CC(CC(C)C)CC(C)C)c2c1. The summed E-state index contributed by atoms with van der Waals surface area (Å²) in [5.41, 5.74) is 2.97. The molecule has 1 unspecified atom stereocenters. The molecule has 1 N–H and O–H groups in total. The van der Waals surface area contributed by atoms with E-state index in [0.717, 1.165) is 57.4 Å². The molecule has 3 rings (SSSR count). The fraction of sp³-hybridized carbons (Fsp3) is 0.500. The molecular weight excluding hydrogens is 392 g/mol. The minimum atomic E-state index is 0.350. The minimum Gasteiger partial charge on any atom is -0.497 e. The first-order valence-electron chi connectivity index (χ1n) is 11.1. The van der Waals surface area contributed by atoms with Gasteiger partial charge in [-0.15, -0.1) is 0 Å². The summed E-state index contributed by atoms with van der Waals surface area (Å²) in [5, 5.41) is 6.72. The number of anilines is 1. The number of fused-ring (bicyclic) bond motifs is 2. The summed E-state index contributed by atoms with van der Waals surface area (Å²) in [5.74, 6) is 2.99. The molecule has 30 heavy (non-hydrogen) atoms. The monoisotopic (exact) mass is 426 g/mol. The molecule has 0 aliphatic rings. The van der Waals surface area contributed by atoms with Gasteiger partial charge in [0.15, 0.2) is 0 Å². The first-order chi connectivity index (χ1) is 14.3. The Kier molecular flexibility index (Phi) is 7.46. The molecule has 0 radical (unpaired) electrons. The highest BCUT2D eigenvalue weighted by molar-refractivity contribution is 6.31. The molecule has 3 aromatic rings. The third-order valence-corrected chi connectivity index (χ3v) is 5.87. The fourth-order valence-electron chi connectivity index (χ4n) is 4.61. The van der Waals surface area contributed by atoms with E-state index in [1.54, 1.807) is 7.11 Å². The Labute approximate surface area is 186 Å². The predicted molar refractivity (Wildman–Crippen MR) is 131 cm³/mol. The van der Waals surface area contributed by atoms with E-state index in [1.807, 2.05) is 24.3 Å². The zero-order valence-corrected chi connectivity index (χ0v) is 19.9. The second-order valence-corrected chi connectivity index (χ2v) is 9.87. The van der Waals surface area contributed by atoms with Gasteiger partial charge in [-0.05, 0) is 80.3 Å². The van der Waals surface area contributed by atoms with E-state index in [2.05, 4.69) is 52.1 Å². The van der Waals surface area contributed by atoms with Crippen LogP contribution < -0.4 is 10.1 Å². The summed E-state index contributed by atoms with van der Waals surface area (Å²) in [7, 11) is 1.70. The average Bonchev–Trinajstić information content (AvgIpc) is 2.66. The average molecular weight is 427 g/mol. The summed E-state index contributed by atoms with van der Waals surface area (Å²) in [6.07, 6.45) is 3.69. The van der Waals surface area contributed by atoms with Crippen LogP contribution in [0, 0.1) is 17.8 Å². The van der Waals surface area contributed by atoms with Gasteiger partial charge in [-0.1, -0.05) is 39.3 Å². The van der Waals surface area contributed by atoms with Crippen LogP contribution in [0.15, 0.2) is 36.4 Å². The molecule has 0 bridgehead atoms. The zero-order valence-electron chi connectivity index (χ0n) is 19.1. The minimum absolute atomic E-state index is 0.350. The van der Waals surface area contributed by atoms with E-state index < -0.39 is 0 Å². The van der Waals surface area contributed by atoms with Gasteiger partial charge in [0.05, 0.1) is 23.8 Å². The number of halogens is 1. The van der Waals surface area contributed by atoms with Crippen molar-refractivity contribution in [2.24, 2.45) is 17.8 Å². The molecule has 0 spiro atoms. The topological polar surface area (TPSA) is 34.1 Å². The standard InChI is InChI=1S/C26H35ClN2O/c1-16(2)11-19(12-17(3)4)13-18(5)28-26-22-9-7-20(27)14-25(22)29-24-10-8-21(30-6)15-23(24)26/h7-10,14-19H,11-13H2,1-6H3,(H,28,29). The number of benzene rings is 2. The summed E-state index contributed by atoms with van der Waals surface area (Å²) in [6.45, 7) is 11.6. The van der Waals surface area contributed by atoms with Crippen molar-refractivity contribution < 1.29 is 4.74 Å². The van der Waals surface area contributed by atoms with Crippen LogP contribution in [0.25, 0.3) is 21.8 Å². The number of hydrogen-bond donors (Lipinski definition) is 1. The van der Waals surface area contributed by atoms with E-state index in [9.17, 15) is 0 Å². The van der Waals surface area contributed by atoms with Crippen LogP contribution in [0.5, 0.6) is 5.75 Å². The van der Waals surface area contributed by atoms with Crippen LogP contribution in [-0.4, -0.2) is 18.1 Å². The molecule has 0 aliphatic carbocycles. The maximum Gasteiger partial charge on any atom is 0.119 e. The van der Waals surface area contributed by atoms with Crippen molar-refractivity contribution in [3.8, 4) is 5.75 Å². The Hall–Kier alpha value is -2.00. The largest absolute Gasteiger partial charge is 0.497 e. The molecular formula is C26H35ClN2O. The normalized spacial score (nSPS) is 13.0. The van der Waals surface area contributed by atoms with Crippen LogP contribution in [0.4, 0.5) is 5.69 Å². The van der Waals surface area contributed by atoms with Gasteiger partial charge in [-0.25, -0.2) is 4.98 Å². The highest BCUT2D eigenvalue weighted by Crippen LogP contribution is 2.35. The van der Waals surface area contributed by atoms with E-state index in [4.69, 9.17) is 21.3 Å². The van der Waals surface area contributed by atoms with Crippen LogP contribution >= 0.6 is 11.6 Å². The first-order valence-corrected chi connectivity index (χ1v) is 11.5. The van der Waals surface area contributed by atoms with Crippen molar-refractivity contribution in [3.05, 3.63) is 41.4 Å². The molecule has 3 nitrogen and oxygen atoms in total. The van der Waals surface area contributed by atoms with Gasteiger partial charge >= 0.3 is 0 Å². The Morgan fingerprint density at radius 3 is 2.20 bits per heavy atom. The van der Waals surface area contributed by atoms with Crippen LogP contribution in [0.1, 0.15) is 53.9 Å². The van der Waals surface area contributed by atoms with Crippen LogP contribution in [0.3, 0.4) is 0 Å². The van der Waals surface area contributed by atoms with Crippen molar-refractivity contribution in [2.45, 2.75) is 59.9 Å². The lowest BCUT2D eigenvalue weighted by Gasteiger charge is -2.26. The summed E-state index contributed by atoms with van der Waals surface area (Å²) < 4.78 is 5.49. The lowest BCUT2D eigenvalue weighted by Crippen LogP contribution is -2.22. The van der Waals surface area contributed by atoms with Gasteiger partial charge in [0, 0.05) is 21.8 Å². The van der Waals surface area contributed by atoms with Gasteiger partial charge in [-0.2, -0.15) is 0 Å². The lowest BCUT2D eigenvalue weighted by molar-refractivity contribution is 0.315. The lowest BCUT2D eigenvalue weighted by atomic mass is 9.85. The number of pyridine rings is 1. The second-order valence-electron chi connectivity index (χ2n) is 9.44. The maximum absolute atomic E-state index is 6.26. The number of methoxy groups -OCH3 is 1. The quantitative estimate of drug-likeness (QED) is 0.352. The summed E-state index contributed by atoms with van der Waals surface area (Å²) in [6, 6.07) is 12.3. The fourth-order valence-corrected chi connectivity index (χ4v) is 4.77. The van der Waals surface area contributed by atoms with Crippen molar-refractivity contribution in [3.63, 3.8) is 0 Å². The van der Waals surface area contributed by atoms with Gasteiger partial charge in [-0.3, -0.25) is 0 Å². The highest BCUT2D eigenvalue weighted by Gasteiger charge is 2.18. The third kappa shape index (κ3) is 5.57. The Morgan fingerprint density at radius 1 is 0.867 bits per heavy atom. The van der Waals surface area contributed by atoms with E-state index in [1.165, 1.54) is 12.8 Å². The van der Waals surface area contributed by atoms with E-state index in [0.29, 0.717) is 11.1 Å². The molecule has 0 amide bonds. The van der Waals surface area contributed by atoms with Gasteiger partial charge < -0.3 is 10.1 Å². The number of hydrogen-bond acceptors (Lipinski definition) is 3. The predicted octanol–water partition coefficient (Wildman–Crippen LogP) is 7.95. The molecule has 1 atom stereocenters. The van der Waals surface area contributed by atoms with Crippen molar-refractivity contribution in [1.82, 2.24) is 4.98 Å². The first kappa shape index (κ1) is 22.7. The summed E-state index contributed by atoms with van der Waals surface area (Å²) >= 11 is 6.26. The molecule has 1 aromatic heterocycles. The third-order valence-electron chi connectivity index (χ3n) is 5.63. The molecule has 0 saturated carbocycles. The van der Waals surface area contributed by atoms with Gasteiger partial charge in [0.25, 0.3) is 0 Å².